The lowest BCUT2D eigenvalue weighted by Crippen LogP contribution is -2.48. The van der Waals surface area contributed by atoms with Gasteiger partial charge in [-0.1, -0.05) is 41.9 Å². The van der Waals surface area contributed by atoms with Crippen molar-refractivity contribution in [1.82, 2.24) is 19.2 Å². The number of rotatable bonds is 5. The number of hydrogen-bond donors (Lipinski definition) is 0. The van der Waals surface area contributed by atoms with Crippen LogP contribution in [-0.2, 0) is 16.6 Å². The maximum absolute atomic E-state index is 13.3. The fraction of sp³-hybridized carbons (Fsp3) is 0.217. The molecule has 0 amide bonds. The van der Waals surface area contributed by atoms with Crippen molar-refractivity contribution >= 4 is 43.9 Å². The number of nitrogens with zero attached hydrogens (tertiary/aromatic N) is 4. The number of piperazine rings is 1. The number of aromatic nitrogens is 2. The molecule has 1 aliphatic rings. The van der Waals surface area contributed by atoms with Crippen molar-refractivity contribution in [3.8, 4) is 11.3 Å². The van der Waals surface area contributed by atoms with Gasteiger partial charge in [-0.3, -0.25) is 9.88 Å². The Morgan fingerprint density at radius 3 is 2.50 bits per heavy atom. The first-order valence-corrected chi connectivity index (χ1v) is 13.0. The fourth-order valence-corrected chi connectivity index (χ4v) is 6.44. The Balaban J connectivity index is 1.26. The second-order valence-electron chi connectivity index (χ2n) is 7.64. The lowest BCUT2D eigenvalue weighted by atomic mass is 10.2. The number of para-hydroxylation sites is 1. The molecule has 1 saturated heterocycles. The Morgan fingerprint density at radius 1 is 0.969 bits per heavy atom. The van der Waals surface area contributed by atoms with Crippen molar-refractivity contribution in [2.24, 2.45) is 0 Å². The van der Waals surface area contributed by atoms with Crippen LogP contribution >= 0.6 is 22.9 Å². The SMILES string of the molecule is O=S(=O)(c1cccc2cccnc12)N1CCN(Cc2nc(-c3ccc(Cl)cc3)cs2)CC1. The van der Waals surface area contributed by atoms with E-state index >= 15 is 0 Å². The fourth-order valence-electron chi connectivity index (χ4n) is 3.88. The summed E-state index contributed by atoms with van der Waals surface area (Å²) in [6.07, 6.45) is 1.63. The van der Waals surface area contributed by atoms with Gasteiger partial charge >= 0.3 is 0 Å². The molecule has 0 N–H and O–H groups in total. The predicted molar refractivity (Wildman–Crippen MR) is 128 cm³/mol. The summed E-state index contributed by atoms with van der Waals surface area (Å²) >= 11 is 7.59. The lowest BCUT2D eigenvalue weighted by molar-refractivity contribution is 0.181. The highest BCUT2D eigenvalue weighted by molar-refractivity contribution is 7.89. The first kappa shape index (κ1) is 21.5. The molecule has 2 aromatic carbocycles. The monoisotopic (exact) mass is 484 g/mol. The predicted octanol–water partition coefficient (Wildman–Crippen LogP) is 4.52. The van der Waals surface area contributed by atoms with Crippen LogP contribution in [0.2, 0.25) is 5.02 Å². The molecular weight excluding hydrogens is 464 g/mol. The molecule has 5 rings (SSSR count). The molecule has 1 fully saturated rings. The Kier molecular flexibility index (Phi) is 5.96. The van der Waals surface area contributed by atoms with Gasteiger partial charge in [0, 0.05) is 53.7 Å². The largest absolute Gasteiger partial charge is 0.294 e. The van der Waals surface area contributed by atoms with E-state index in [1.807, 2.05) is 47.8 Å². The van der Waals surface area contributed by atoms with Crippen LogP contribution in [0, 0.1) is 0 Å². The van der Waals surface area contributed by atoms with Crippen LogP contribution in [0.5, 0.6) is 0 Å². The summed E-state index contributed by atoms with van der Waals surface area (Å²) in [4.78, 5) is 11.6. The van der Waals surface area contributed by atoms with Crippen LogP contribution in [0.15, 0.2) is 71.1 Å². The molecule has 6 nitrogen and oxygen atoms in total. The second kappa shape index (κ2) is 8.88. The smallest absolute Gasteiger partial charge is 0.245 e. The average molecular weight is 485 g/mol. The number of sulfonamides is 1. The molecule has 9 heteroatoms. The third-order valence-corrected chi connectivity index (χ3v) is 8.61. The van der Waals surface area contributed by atoms with Crippen molar-refractivity contribution < 1.29 is 8.42 Å². The van der Waals surface area contributed by atoms with Crippen molar-refractivity contribution in [1.29, 1.82) is 0 Å². The molecule has 0 bridgehead atoms. The average Bonchev–Trinajstić information content (AvgIpc) is 3.28. The normalized spacial score (nSPS) is 15.9. The number of hydrogen-bond acceptors (Lipinski definition) is 6. The molecule has 0 atom stereocenters. The van der Waals surface area contributed by atoms with Crippen LogP contribution in [0.3, 0.4) is 0 Å². The van der Waals surface area contributed by atoms with E-state index in [9.17, 15) is 8.42 Å². The second-order valence-corrected chi connectivity index (χ2v) is 10.9. The van der Waals surface area contributed by atoms with Gasteiger partial charge in [-0.2, -0.15) is 4.31 Å². The summed E-state index contributed by atoms with van der Waals surface area (Å²) < 4.78 is 28.2. The first-order chi connectivity index (χ1) is 15.5. The van der Waals surface area contributed by atoms with Crippen molar-refractivity contribution in [2.45, 2.75) is 11.4 Å². The molecule has 1 aliphatic heterocycles. The number of benzene rings is 2. The Labute approximate surface area is 196 Å². The molecule has 2 aromatic heterocycles. The van der Waals surface area contributed by atoms with Gasteiger partial charge < -0.3 is 0 Å². The van der Waals surface area contributed by atoms with Gasteiger partial charge in [0.1, 0.15) is 9.90 Å². The van der Waals surface area contributed by atoms with Crippen LogP contribution in [0.25, 0.3) is 22.2 Å². The molecule has 164 valence electrons. The number of pyridine rings is 1. The van der Waals surface area contributed by atoms with Gasteiger partial charge in [0.05, 0.1) is 17.8 Å². The summed E-state index contributed by atoms with van der Waals surface area (Å²) in [5.74, 6) is 0. The minimum Gasteiger partial charge on any atom is -0.294 e. The van der Waals surface area contributed by atoms with E-state index in [0.717, 1.165) is 21.7 Å². The van der Waals surface area contributed by atoms with Crippen molar-refractivity contribution in [3.63, 3.8) is 0 Å². The van der Waals surface area contributed by atoms with E-state index in [-0.39, 0.29) is 4.90 Å². The molecule has 3 heterocycles. The van der Waals surface area contributed by atoms with Gasteiger partial charge in [0.25, 0.3) is 0 Å². The Bertz CT molecular complexity index is 1340. The topological polar surface area (TPSA) is 66.4 Å². The minimum absolute atomic E-state index is 0.275. The number of thiazole rings is 1. The van der Waals surface area contributed by atoms with Gasteiger partial charge in [0.15, 0.2) is 0 Å². The highest BCUT2D eigenvalue weighted by Gasteiger charge is 2.30. The van der Waals surface area contributed by atoms with E-state index in [1.54, 1.807) is 34.0 Å². The standard InChI is InChI=1S/C23H21ClN4O2S2/c24-19-8-6-17(7-9-19)20-16-31-22(26-20)15-27-11-13-28(14-12-27)32(29,30)21-5-1-3-18-4-2-10-25-23(18)21/h1-10,16H,11-15H2. The molecule has 4 aromatic rings. The van der Waals surface area contributed by atoms with E-state index < -0.39 is 10.0 Å². The summed E-state index contributed by atoms with van der Waals surface area (Å²) in [5.41, 5.74) is 2.50. The van der Waals surface area contributed by atoms with Gasteiger partial charge in [0.2, 0.25) is 10.0 Å². The number of fused-ring (bicyclic) bond motifs is 1. The quantitative estimate of drug-likeness (QED) is 0.416. The highest BCUT2D eigenvalue weighted by atomic mass is 35.5. The minimum atomic E-state index is -3.60. The lowest BCUT2D eigenvalue weighted by Gasteiger charge is -2.33. The van der Waals surface area contributed by atoms with Gasteiger partial charge in [-0.25, -0.2) is 13.4 Å². The zero-order chi connectivity index (χ0) is 22.1. The molecular formula is C23H21ClN4O2S2. The third kappa shape index (κ3) is 4.29. The Hall–Kier alpha value is -2.36. The van der Waals surface area contributed by atoms with Crippen LogP contribution < -0.4 is 0 Å². The zero-order valence-electron chi connectivity index (χ0n) is 17.2. The summed E-state index contributed by atoms with van der Waals surface area (Å²) in [6, 6.07) is 16.6. The molecule has 0 spiro atoms. The van der Waals surface area contributed by atoms with Crippen molar-refractivity contribution in [3.05, 3.63) is 76.2 Å². The maximum Gasteiger partial charge on any atom is 0.245 e. The molecule has 0 saturated carbocycles. The first-order valence-electron chi connectivity index (χ1n) is 10.3. The van der Waals surface area contributed by atoms with Crippen molar-refractivity contribution in [2.75, 3.05) is 26.2 Å². The zero-order valence-corrected chi connectivity index (χ0v) is 19.6. The summed E-state index contributed by atoms with van der Waals surface area (Å²) in [7, 11) is -3.60. The van der Waals surface area contributed by atoms with E-state index in [2.05, 4.69) is 9.88 Å². The van der Waals surface area contributed by atoms with E-state index in [4.69, 9.17) is 16.6 Å². The molecule has 32 heavy (non-hydrogen) atoms. The van der Waals surface area contributed by atoms with E-state index in [0.29, 0.717) is 43.3 Å². The third-order valence-electron chi connectivity index (χ3n) is 5.60. The van der Waals surface area contributed by atoms with Gasteiger partial charge in [-0.15, -0.1) is 11.3 Å². The molecule has 0 aliphatic carbocycles. The Morgan fingerprint density at radius 2 is 1.72 bits per heavy atom. The summed E-state index contributed by atoms with van der Waals surface area (Å²) in [5, 5.41) is 4.60. The van der Waals surface area contributed by atoms with Crippen LogP contribution in [-0.4, -0.2) is 53.8 Å². The highest BCUT2D eigenvalue weighted by Crippen LogP contribution is 2.27. The molecule has 0 radical (unpaired) electrons. The summed E-state index contributed by atoms with van der Waals surface area (Å²) in [6.45, 7) is 2.92. The van der Waals surface area contributed by atoms with Crippen LogP contribution in [0.1, 0.15) is 5.01 Å². The molecule has 0 unspecified atom stereocenters. The van der Waals surface area contributed by atoms with E-state index in [1.165, 1.54) is 0 Å². The number of halogens is 1. The van der Waals surface area contributed by atoms with Crippen LogP contribution in [0.4, 0.5) is 0 Å². The van der Waals surface area contributed by atoms with Gasteiger partial charge in [-0.05, 0) is 24.3 Å². The maximum atomic E-state index is 13.3.